The molecular weight excluding hydrogens is 136 g/mol. The molecule has 1 aromatic carbocycles. The minimum Gasteiger partial charge on any atom is -0.399 e. The monoisotopic (exact) mass is 141 g/mol. The first-order chi connectivity index (χ1) is 4.18. The van der Waals surface area contributed by atoms with Gasteiger partial charge in [-0.05, 0) is 18.2 Å². The van der Waals surface area contributed by atoms with Gasteiger partial charge in [-0.15, -0.1) is 0 Å². The molecule has 0 heterocycles. The van der Waals surface area contributed by atoms with E-state index in [1.54, 1.807) is 12.1 Å². The van der Waals surface area contributed by atoms with Gasteiger partial charge in [0, 0.05) is 10.7 Å². The third-order valence-electron chi connectivity index (χ3n) is 0.920. The van der Waals surface area contributed by atoms with Crippen LogP contribution >= 0.6 is 11.6 Å². The fourth-order valence-electron chi connectivity index (χ4n) is 0.612. The number of halogens is 1. The Morgan fingerprint density at radius 2 is 2.00 bits per heavy atom. The number of nitrogens with two attached hydrogens (primary N) is 1. The molecule has 3 heteroatoms. The molecule has 47 valence electrons. The van der Waals surface area contributed by atoms with Crippen LogP contribution in [0.3, 0.4) is 0 Å². The fraction of sp³-hybridized carbons (Fsp3) is 0. The lowest BCUT2D eigenvalue weighted by molar-refractivity contribution is 1.49. The van der Waals surface area contributed by atoms with Crippen LogP contribution in [0.15, 0.2) is 18.2 Å². The zero-order chi connectivity index (χ0) is 6.85. The summed E-state index contributed by atoms with van der Waals surface area (Å²) < 4.78 is 0. The molecule has 0 aliphatic rings. The Balaban J connectivity index is 3.17. The highest BCUT2D eigenvalue weighted by atomic mass is 35.5. The van der Waals surface area contributed by atoms with Gasteiger partial charge in [0.15, 0.2) is 0 Å². The molecule has 3 N–H and O–H groups in total. The molecule has 1 radical (unpaired) electrons. The van der Waals surface area contributed by atoms with Crippen molar-refractivity contribution in [3.05, 3.63) is 23.2 Å². The molecule has 0 saturated carbocycles. The van der Waals surface area contributed by atoms with Crippen molar-refractivity contribution in [1.29, 1.82) is 0 Å². The fourth-order valence-corrected chi connectivity index (χ4v) is 0.856. The van der Waals surface area contributed by atoms with E-state index in [-0.39, 0.29) is 0 Å². The molecule has 0 bridgehead atoms. The molecule has 0 saturated heterocycles. The van der Waals surface area contributed by atoms with Crippen molar-refractivity contribution in [2.45, 2.75) is 0 Å². The van der Waals surface area contributed by atoms with Gasteiger partial charge >= 0.3 is 0 Å². The van der Waals surface area contributed by atoms with E-state index in [0.717, 1.165) is 0 Å². The summed E-state index contributed by atoms with van der Waals surface area (Å²) in [6.07, 6.45) is 0. The van der Waals surface area contributed by atoms with Gasteiger partial charge in [0.05, 0.1) is 5.69 Å². The largest absolute Gasteiger partial charge is 0.399 e. The standard InChI is InChI=1S/C6H6ClN2/c7-4-1-5(8)3-6(9)2-4/h1-3,8H,9H2. The number of anilines is 1. The van der Waals surface area contributed by atoms with Crippen LogP contribution in [-0.2, 0) is 0 Å². The summed E-state index contributed by atoms with van der Waals surface area (Å²) in [5.41, 5.74) is 13.3. The number of rotatable bonds is 0. The molecule has 1 rings (SSSR count). The third-order valence-corrected chi connectivity index (χ3v) is 1.14. The van der Waals surface area contributed by atoms with E-state index in [1.807, 2.05) is 0 Å². The van der Waals surface area contributed by atoms with Gasteiger partial charge in [-0.2, -0.15) is 0 Å². The molecule has 0 aliphatic carbocycles. The lowest BCUT2D eigenvalue weighted by Crippen LogP contribution is -1.83. The Labute approximate surface area is 58.4 Å². The number of benzene rings is 1. The summed E-state index contributed by atoms with van der Waals surface area (Å²) >= 11 is 5.55. The summed E-state index contributed by atoms with van der Waals surface area (Å²) in [5.74, 6) is 0. The van der Waals surface area contributed by atoms with Gasteiger partial charge in [0.2, 0.25) is 0 Å². The number of nitrogen functional groups attached to an aromatic ring is 1. The average Bonchev–Trinajstić information content (AvgIpc) is 1.59. The van der Waals surface area contributed by atoms with Crippen molar-refractivity contribution in [3.63, 3.8) is 0 Å². The van der Waals surface area contributed by atoms with Crippen molar-refractivity contribution in [2.24, 2.45) is 0 Å². The lowest BCUT2D eigenvalue weighted by Gasteiger charge is -1.94. The van der Waals surface area contributed by atoms with Crippen LogP contribution in [0.2, 0.25) is 5.02 Å². The zero-order valence-electron chi connectivity index (χ0n) is 4.69. The van der Waals surface area contributed by atoms with Gasteiger partial charge in [-0.1, -0.05) is 11.6 Å². The predicted octanol–water partition coefficient (Wildman–Crippen LogP) is 1.84. The molecular formula is C6H6ClN2. The van der Waals surface area contributed by atoms with E-state index in [0.29, 0.717) is 16.4 Å². The van der Waals surface area contributed by atoms with Crippen molar-refractivity contribution >= 4 is 23.0 Å². The number of hydrogen-bond donors (Lipinski definition) is 1. The summed E-state index contributed by atoms with van der Waals surface area (Å²) in [6, 6.07) is 4.70. The van der Waals surface area contributed by atoms with Gasteiger partial charge in [0.1, 0.15) is 0 Å². The van der Waals surface area contributed by atoms with Crippen molar-refractivity contribution in [2.75, 3.05) is 5.73 Å². The minimum atomic E-state index is 0.347. The predicted molar refractivity (Wildman–Crippen MR) is 38.6 cm³/mol. The first-order valence-corrected chi connectivity index (χ1v) is 2.84. The molecule has 0 aromatic heterocycles. The first-order valence-electron chi connectivity index (χ1n) is 2.46. The Bertz CT molecular complexity index is 172. The van der Waals surface area contributed by atoms with Crippen LogP contribution in [0.25, 0.3) is 0 Å². The van der Waals surface area contributed by atoms with E-state index in [2.05, 4.69) is 0 Å². The Morgan fingerprint density at radius 3 is 2.44 bits per heavy atom. The van der Waals surface area contributed by atoms with E-state index < -0.39 is 0 Å². The second-order valence-electron chi connectivity index (χ2n) is 1.77. The zero-order valence-corrected chi connectivity index (χ0v) is 5.44. The molecule has 0 unspecified atom stereocenters. The maximum Gasteiger partial charge on any atom is 0.0575 e. The van der Waals surface area contributed by atoms with Crippen LogP contribution in [0.1, 0.15) is 0 Å². The molecule has 0 atom stereocenters. The number of hydrogen-bond acceptors (Lipinski definition) is 1. The second kappa shape index (κ2) is 2.15. The first kappa shape index (κ1) is 6.23. The minimum absolute atomic E-state index is 0.347. The highest BCUT2D eigenvalue weighted by molar-refractivity contribution is 6.31. The SMILES string of the molecule is [NH]c1cc(N)cc(Cl)c1. The van der Waals surface area contributed by atoms with E-state index in [9.17, 15) is 0 Å². The molecule has 1 aromatic rings. The lowest BCUT2D eigenvalue weighted by atomic mass is 10.3. The van der Waals surface area contributed by atoms with Crippen LogP contribution < -0.4 is 11.5 Å². The quantitative estimate of drug-likeness (QED) is 0.551. The smallest absolute Gasteiger partial charge is 0.0575 e. The van der Waals surface area contributed by atoms with Crippen molar-refractivity contribution in [3.8, 4) is 0 Å². The van der Waals surface area contributed by atoms with Crippen LogP contribution in [0.5, 0.6) is 0 Å². The summed E-state index contributed by atoms with van der Waals surface area (Å²) in [4.78, 5) is 0. The second-order valence-corrected chi connectivity index (χ2v) is 2.21. The van der Waals surface area contributed by atoms with Crippen molar-refractivity contribution in [1.82, 2.24) is 5.73 Å². The summed E-state index contributed by atoms with van der Waals surface area (Å²) in [6.45, 7) is 0. The Hall–Kier alpha value is -0.890. The molecule has 9 heavy (non-hydrogen) atoms. The molecule has 0 amide bonds. The van der Waals surface area contributed by atoms with Gasteiger partial charge in [-0.3, -0.25) is 0 Å². The molecule has 0 fully saturated rings. The van der Waals surface area contributed by atoms with E-state index >= 15 is 0 Å². The topological polar surface area (TPSA) is 49.8 Å². The van der Waals surface area contributed by atoms with E-state index in [4.69, 9.17) is 23.1 Å². The molecule has 2 nitrogen and oxygen atoms in total. The van der Waals surface area contributed by atoms with Gasteiger partial charge < -0.3 is 11.5 Å². The summed E-state index contributed by atoms with van der Waals surface area (Å²) in [5, 5.41) is 0.514. The Morgan fingerprint density at radius 1 is 1.33 bits per heavy atom. The highest BCUT2D eigenvalue weighted by Crippen LogP contribution is 2.18. The third kappa shape index (κ3) is 1.50. The highest BCUT2D eigenvalue weighted by Gasteiger charge is 1.91. The van der Waals surface area contributed by atoms with Gasteiger partial charge in [0.25, 0.3) is 0 Å². The summed E-state index contributed by atoms with van der Waals surface area (Å²) in [7, 11) is 0. The maximum atomic E-state index is 7.11. The van der Waals surface area contributed by atoms with Crippen LogP contribution in [-0.4, -0.2) is 0 Å². The van der Waals surface area contributed by atoms with Crippen molar-refractivity contribution < 1.29 is 0 Å². The van der Waals surface area contributed by atoms with E-state index in [1.165, 1.54) is 6.07 Å². The average molecular weight is 142 g/mol. The Kier molecular flexibility index (Phi) is 1.49. The maximum absolute atomic E-state index is 7.11. The van der Waals surface area contributed by atoms with Crippen LogP contribution in [0.4, 0.5) is 11.4 Å². The van der Waals surface area contributed by atoms with Crippen LogP contribution in [0, 0.1) is 0 Å². The number of nitrogens with one attached hydrogen (secondary N) is 1. The normalized spacial score (nSPS) is 9.44. The van der Waals surface area contributed by atoms with Gasteiger partial charge in [-0.25, -0.2) is 0 Å². The molecule has 0 spiro atoms. The molecule has 0 aliphatic heterocycles.